The van der Waals surface area contributed by atoms with E-state index < -0.39 is 0 Å². The zero-order valence-corrected chi connectivity index (χ0v) is 12.0. The van der Waals surface area contributed by atoms with Crippen LogP contribution in [0.4, 0.5) is 0 Å². The Kier molecular flexibility index (Phi) is 4.90. The minimum Gasteiger partial charge on any atom is -0.326 e. The molecule has 0 unspecified atom stereocenters. The van der Waals surface area contributed by atoms with Crippen LogP contribution in [0, 0.1) is 0 Å². The van der Waals surface area contributed by atoms with Gasteiger partial charge in [0.2, 0.25) is 0 Å². The number of hydrogen-bond acceptors (Lipinski definition) is 3. The van der Waals surface area contributed by atoms with Crippen LogP contribution in [0.1, 0.15) is 29.2 Å². The number of nitrogens with two attached hydrogens (primary N) is 3. The molecule has 2 rings (SSSR count). The van der Waals surface area contributed by atoms with Crippen LogP contribution in [-0.4, -0.2) is 0 Å². The first kappa shape index (κ1) is 14.7. The quantitative estimate of drug-likeness (QED) is 0.779. The molecule has 0 amide bonds. The lowest BCUT2D eigenvalue weighted by Gasteiger charge is -2.11. The molecule has 0 bridgehead atoms. The molecular formula is C17H23N3. The molecule has 0 radical (unpaired) electrons. The van der Waals surface area contributed by atoms with Crippen LogP contribution >= 0.6 is 0 Å². The highest BCUT2D eigenvalue weighted by Crippen LogP contribution is 2.25. The topological polar surface area (TPSA) is 78.1 Å². The summed E-state index contributed by atoms with van der Waals surface area (Å²) < 4.78 is 0. The van der Waals surface area contributed by atoms with Crippen molar-refractivity contribution >= 4 is 0 Å². The van der Waals surface area contributed by atoms with Gasteiger partial charge in [-0.2, -0.15) is 0 Å². The maximum atomic E-state index is 5.79. The minimum absolute atomic E-state index is 0.526. The molecule has 0 heterocycles. The fourth-order valence-corrected chi connectivity index (χ4v) is 2.42. The van der Waals surface area contributed by atoms with Crippen molar-refractivity contribution in [3.05, 3.63) is 58.7 Å². The molecule has 0 saturated carbocycles. The Labute approximate surface area is 120 Å². The molecule has 0 aliphatic carbocycles. The van der Waals surface area contributed by atoms with Gasteiger partial charge in [0.25, 0.3) is 0 Å². The van der Waals surface area contributed by atoms with Gasteiger partial charge in [-0.05, 0) is 58.0 Å². The fourth-order valence-electron chi connectivity index (χ4n) is 2.42. The summed E-state index contributed by atoms with van der Waals surface area (Å²) in [5.41, 5.74) is 24.4. The van der Waals surface area contributed by atoms with Gasteiger partial charge < -0.3 is 17.2 Å². The molecule has 0 saturated heterocycles. The van der Waals surface area contributed by atoms with Crippen LogP contribution in [0.3, 0.4) is 0 Å². The van der Waals surface area contributed by atoms with E-state index in [4.69, 9.17) is 17.2 Å². The van der Waals surface area contributed by atoms with Gasteiger partial charge in [0.15, 0.2) is 0 Å². The Balaban J connectivity index is 2.54. The Morgan fingerprint density at radius 2 is 0.950 bits per heavy atom. The van der Waals surface area contributed by atoms with Gasteiger partial charge in [-0.25, -0.2) is 0 Å². The molecule has 2 aromatic rings. The lowest BCUT2D eigenvalue weighted by Crippen LogP contribution is -2.02. The average molecular weight is 269 g/mol. The molecular weight excluding hydrogens is 246 g/mol. The van der Waals surface area contributed by atoms with Gasteiger partial charge >= 0.3 is 0 Å². The zero-order chi connectivity index (χ0) is 14.5. The van der Waals surface area contributed by atoms with Gasteiger partial charge in [0.1, 0.15) is 0 Å². The van der Waals surface area contributed by atoms with E-state index in [9.17, 15) is 0 Å². The van der Waals surface area contributed by atoms with Crippen molar-refractivity contribution in [3.63, 3.8) is 0 Å². The van der Waals surface area contributed by atoms with E-state index in [0.717, 1.165) is 23.1 Å². The van der Waals surface area contributed by atoms with E-state index in [2.05, 4.69) is 43.3 Å². The predicted molar refractivity (Wildman–Crippen MR) is 84.9 cm³/mol. The van der Waals surface area contributed by atoms with Crippen LogP contribution in [0.5, 0.6) is 0 Å². The highest BCUT2D eigenvalue weighted by molar-refractivity contribution is 5.67. The first-order valence-corrected chi connectivity index (χ1v) is 7.06. The summed E-state index contributed by atoms with van der Waals surface area (Å²) in [6.07, 6.45) is 1.00. The largest absolute Gasteiger partial charge is 0.326 e. The summed E-state index contributed by atoms with van der Waals surface area (Å²) in [6, 6.07) is 12.9. The molecule has 0 atom stereocenters. The van der Waals surface area contributed by atoms with Gasteiger partial charge in [-0.1, -0.05) is 25.1 Å². The maximum absolute atomic E-state index is 5.79. The summed E-state index contributed by atoms with van der Waals surface area (Å²) in [7, 11) is 0. The summed E-state index contributed by atoms with van der Waals surface area (Å²) in [5.74, 6) is 0. The SMILES string of the molecule is CCc1cc(CN)cc(-c2cc(CN)cc(CN)c2)c1. The van der Waals surface area contributed by atoms with E-state index in [1.165, 1.54) is 16.7 Å². The molecule has 2 aromatic carbocycles. The number of aryl methyl sites for hydroxylation is 1. The lowest BCUT2D eigenvalue weighted by molar-refractivity contribution is 1.03. The predicted octanol–water partition coefficient (Wildman–Crippen LogP) is 2.29. The van der Waals surface area contributed by atoms with Crippen molar-refractivity contribution in [1.82, 2.24) is 0 Å². The summed E-state index contributed by atoms with van der Waals surface area (Å²) in [5, 5.41) is 0. The van der Waals surface area contributed by atoms with Gasteiger partial charge in [-0.15, -0.1) is 0 Å². The third-order valence-electron chi connectivity index (χ3n) is 3.55. The zero-order valence-electron chi connectivity index (χ0n) is 12.0. The third-order valence-corrected chi connectivity index (χ3v) is 3.55. The Bertz CT molecular complexity index is 493. The van der Waals surface area contributed by atoms with Crippen LogP contribution in [0.25, 0.3) is 11.1 Å². The van der Waals surface area contributed by atoms with Gasteiger partial charge in [0, 0.05) is 19.6 Å². The molecule has 6 N–H and O–H groups in total. The Hall–Kier alpha value is -1.68. The van der Waals surface area contributed by atoms with Crippen molar-refractivity contribution in [3.8, 4) is 11.1 Å². The molecule has 3 nitrogen and oxygen atoms in total. The van der Waals surface area contributed by atoms with E-state index in [0.29, 0.717) is 19.6 Å². The van der Waals surface area contributed by atoms with Gasteiger partial charge in [-0.3, -0.25) is 0 Å². The smallest absolute Gasteiger partial charge is 0.0178 e. The third kappa shape index (κ3) is 3.25. The monoisotopic (exact) mass is 269 g/mol. The van der Waals surface area contributed by atoms with Crippen LogP contribution < -0.4 is 17.2 Å². The molecule has 0 aliphatic heterocycles. The molecule has 0 aromatic heterocycles. The standard InChI is InChI=1S/C17H23N3/c1-2-12-3-13(9-18)6-16(5-12)17-7-14(10-19)4-15(8-17)11-20/h3-8H,2,9-11,18-20H2,1H3. The highest BCUT2D eigenvalue weighted by Gasteiger charge is 2.05. The summed E-state index contributed by atoms with van der Waals surface area (Å²) in [4.78, 5) is 0. The van der Waals surface area contributed by atoms with Crippen LogP contribution in [0.2, 0.25) is 0 Å². The molecule has 106 valence electrons. The second-order valence-electron chi connectivity index (χ2n) is 5.04. The van der Waals surface area contributed by atoms with Crippen molar-refractivity contribution in [2.75, 3.05) is 0 Å². The molecule has 3 heteroatoms. The fraction of sp³-hybridized carbons (Fsp3) is 0.294. The van der Waals surface area contributed by atoms with E-state index in [1.807, 2.05) is 0 Å². The maximum Gasteiger partial charge on any atom is 0.0178 e. The second-order valence-corrected chi connectivity index (χ2v) is 5.04. The van der Waals surface area contributed by atoms with E-state index in [1.54, 1.807) is 0 Å². The van der Waals surface area contributed by atoms with E-state index in [-0.39, 0.29) is 0 Å². The molecule has 0 aliphatic rings. The van der Waals surface area contributed by atoms with E-state index >= 15 is 0 Å². The minimum atomic E-state index is 0.526. The normalized spacial score (nSPS) is 10.8. The Morgan fingerprint density at radius 1 is 0.600 bits per heavy atom. The van der Waals surface area contributed by atoms with Crippen molar-refractivity contribution in [1.29, 1.82) is 0 Å². The first-order chi connectivity index (χ1) is 9.69. The van der Waals surface area contributed by atoms with Crippen molar-refractivity contribution in [2.24, 2.45) is 17.2 Å². The number of rotatable bonds is 5. The van der Waals surface area contributed by atoms with Crippen molar-refractivity contribution in [2.45, 2.75) is 33.0 Å². The first-order valence-electron chi connectivity index (χ1n) is 7.06. The van der Waals surface area contributed by atoms with Gasteiger partial charge in [0.05, 0.1) is 0 Å². The van der Waals surface area contributed by atoms with Crippen molar-refractivity contribution < 1.29 is 0 Å². The van der Waals surface area contributed by atoms with Crippen LogP contribution in [-0.2, 0) is 26.1 Å². The number of benzene rings is 2. The highest BCUT2D eigenvalue weighted by atomic mass is 14.5. The summed E-state index contributed by atoms with van der Waals surface area (Å²) in [6.45, 7) is 3.76. The second kappa shape index (κ2) is 6.66. The molecule has 20 heavy (non-hydrogen) atoms. The average Bonchev–Trinajstić information content (AvgIpc) is 2.53. The number of hydrogen-bond donors (Lipinski definition) is 3. The lowest BCUT2D eigenvalue weighted by atomic mass is 9.95. The van der Waals surface area contributed by atoms with Crippen LogP contribution in [0.15, 0.2) is 36.4 Å². The molecule has 0 spiro atoms. The molecule has 0 fully saturated rings. The summed E-state index contributed by atoms with van der Waals surface area (Å²) >= 11 is 0. The Morgan fingerprint density at radius 3 is 1.30 bits per heavy atom.